The highest BCUT2D eigenvalue weighted by atomic mass is 16.1. The van der Waals surface area contributed by atoms with Gasteiger partial charge in [0.1, 0.15) is 0 Å². The predicted molar refractivity (Wildman–Crippen MR) is 76.2 cm³/mol. The molecule has 1 aliphatic heterocycles. The molecule has 0 radical (unpaired) electrons. The third-order valence-corrected chi connectivity index (χ3v) is 3.86. The summed E-state index contributed by atoms with van der Waals surface area (Å²) in [5.41, 5.74) is 14.5. The summed E-state index contributed by atoms with van der Waals surface area (Å²) >= 11 is 0. The number of aromatic nitrogens is 1. The maximum Gasteiger partial charge on any atom is 0.252 e. The summed E-state index contributed by atoms with van der Waals surface area (Å²) in [4.78, 5) is 18.2. The summed E-state index contributed by atoms with van der Waals surface area (Å²) in [6.45, 7) is 7.58. The molecule has 2 atom stereocenters. The molecule has 1 aromatic rings. The van der Waals surface area contributed by atoms with E-state index in [-0.39, 0.29) is 6.04 Å². The van der Waals surface area contributed by atoms with Crippen molar-refractivity contribution in [1.82, 2.24) is 4.98 Å². The Morgan fingerprint density at radius 3 is 2.74 bits per heavy atom. The van der Waals surface area contributed by atoms with E-state index in [2.05, 4.69) is 9.88 Å². The van der Waals surface area contributed by atoms with Gasteiger partial charge >= 0.3 is 0 Å². The maximum absolute atomic E-state index is 11.7. The molecule has 1 saturated heterocycles. The molecule has 5 nitrogen and oxygen atoms in total. The lowest BCUT2D eigenvalue weighted by atomic mass is 10.0. The summed E-state index contributed by atoms with van der Waals surface area (Å²) in [5, 5.41) is 0. The van der Waals surface area contributed by atoms with Crippen LogP contribution in [0.15, 0.2) is 6.07 Å². The van der Waals surface area contributed by atoms with Crippen LogP contribution in [0, 0.1) is 19.8 Å². The highest BCUT2D eigenvalue weighted by Gasteiger charge is 2.28. The molecule has 2 heterocycles. The van der Waals surface area contributed by atoms with Crippen molar-refractivity contribution in [3.05, 3.63) is 23.0 Å². The normalized spacial score (nSPS) is 20.6. The minimum absolute atomic E-state index is 0.172. The van der Waals surface area contributed by atoms with Crippen LogP contribution >= 0.6 is 0 Å². The van der Waals surface area contributed by atoms with E-state index in [0.29, 0.717) is 17.2 Å². The highest BCUT2D eigenvalue weighted by Crippen LogP contribution is 2.29. The van der Waals surface area contributed by atoms with E-state index in [1.807, 2.05) is 26.8 Å². The summed E-state index contributed by atoms with van der Waals surface area (Å²) in [7, 11) is 0. The quantitative estimate of drug-likeness (QED) is 0.850. The Labute approximate surface area is 114 Å². The Hall–Kier alpha value is -1.62. The van der Waals surface area contributed by atoms with Crippen LogP contribution in [-0.4, -0.2) is 30.0 Å². The first kappa shape index (κ1) is 13.8. The number of hydrogen-bond acceptors (Lipinski definition) is 4. The SMILES string of the molecule is Cc1cc(N2CCC(C(C)N)C2)c(C(N)=O)c(C)n1. The van der Waals surface area contributed by atoms with Crippen LogP contribution < -0.4 is 16.4 Å². The van der Waals surface area contributed by atoms with Gasteiger partial charge in [-0.3, -0.25) is 9.78 Å². The van der Waals surface area contributed by atoms with Crippen LogP contribution in [0.3, 0.4) is 0 Å². The molecule has 19 heavy (non-hydrogen) atoms. The van der Waals surface area contributed by atoms with Gasteiger partial charge in [0.25, 0.3) is 5.91 Å². The second-order valence-corrected chi connectivity index (χ2v) is 5.46. The number of hydrogen-bond donors (Lipinski definition) is 2. The lowest BCUT2D eigenvalue weighted by molar-refractivity contribution is 0.1000. The second-order valence-electron chi connectivity index (χ2n) is 5.46. The number of amides is 1. The van der Waals surface area contributed by atoms with Crippen LogP contribution in [0.1, 0.15) is 35.1 Å². The van der Waals surface area contributed by atoms with Crippen molar-refractivity contribution in [2.24, 2.45) is 17.4 Å². The van der Waals surface area contributed by atoms with E-state index in [4.69, 9.17) is 11.5 Å². The number of rotatable bonds is 3. The van der Waals surface area contributed by atoms with E-state index in [0.717, 1.165) is 30.9 Å². The number of carbonyl (C=O) groups is 1. The molecule has 1 aliphatic rings. The fourth-order valence-corrected chi connectivity index (χ4v) is 2.80. The number of nitrogens with zero attached hydrogens (tertiary/aromatic N) is 2. The van der Waals surface area contributed by atoms with Gasteiger partial charge in [-0.25, -0.2) is 0 Å². The molecule has 0 bridgehead atoms. The molecule has 1 amide bonds. The monoisotopic (exact) mass is 262 g/mol. The van der Waals surface area contributed by atoms with Crippen LogP contribution in [0.25, 0.3) is 0 Å². The summed E-state index contributed by atoms with van der Waals surface area (Å²) in [6.07, 6.45) is 1.05. The van der Waals surface area contributed by atoms with Crippen molar-refractivity contribution in [3.8, 4) is 0 Å². The van der Waals surface area contributed by atoms with Crippen LogP contribution in [-0.2, 0) is 0 Å². The first-order chi connectivity index (χ1) is 8.90. The van der Waals surface area contributed by atoms with E-state index in [9.17, 15) is 4.79 Å². The van der Waals surface area contributed by atoms with Gasteiger partial charge in [0.15, 0.2) is 0 Å². The van der Waals surface area contributed by atoms with Crippen molar-refractivity contribution in [2.45, 2.75) is 33.2 Å². The standard InChI is InChI=1S/C14H22N4O/c1-8-6-12(13(14(16)19)10(3)17-8)18-5-4-11(7-18)9(2)15/h6,9,11H,4-5,7,15H2,1-3H3,(H2,16,19). The fraction of sp³-hybridized carbons (Fsp3) is 0.571. The zero-order valence-corrected chi connectivity index (χ0v) is 11.8. The molecule has 104 valence electrons. The molecule has 2 unspecified atom stereocenters. The lowest BCUT2D eigenvalue weighted by Crippen LogP contribution is -2.31. The first-order valence-electron chi connectivity index (χ1n) is 6.68. The molecular weight excluding hydrogens is 240 g/mol. The van der Waals surface area contributed by atoms with Gasteiger partial charge in [-0.2, -0.15) is 0 Å². The van der Waals surface area contributed by atoms with Crippen molar-refractivity contribution >= 4 is 11.6 Å². The Kier molecular flexibility index (Phi) is 3.75. The number of aryl methyl sites for hydroxylation is 2. The summed E-state index contributed by atoms with van der Waals surface area (Å²) in [6, 6.07) is 2.11. The van der Waals surface area contributed by atoms with Gasteiger partial charge in [-0.15, -0.1) is 0 Å². The van der Waals surface area contributed by atoms with E-state index in [1.54, 1.807) is 0 Å². The zero-order chi connectivity index (χ0) is 14.2. The number of primary amides is 1. The van der Waals surface area contributed by atoms with Gasteiger partial charge in [-0.1, -0.05) is 0 Å². The van der Waals surface area contributed by atoms with Crippen molar-refractivity contribution in [1.29, 1.82) is 0 Å². The molecule has 0 spiro atoms. The minimum atomic E-state index is -0.413. The largest absolute Gasteiger partial charge is 0.370 e. The molecule has 1 aromatic heterocycles. The van der Waals surface area contributed by atoms with Crippen molar-refractivity contribution < 1.29 is 4.79 Å². The number of carbonyl (C=O) groups excluding carboxylic acids is 1. The summed E-state index contributed by atoms with van der Waals surface area (Å²) < 4.78 is 0. The van der Waals surface area contributed by atoms with Gasteiger partial charge in [0.05, 0.1) is 16.9 Å². The average Bonchev–Trinajstić information content (AvgIpc) is 2.76. The Morgan fingerprint density at radius 2 is 2.21 bits per heavy atom. The molecular formula is C14H22N4O. The predicted octanol–water partition coefficient (Wildman–Crippen LogP) is 0.971. The molecule has 5 heteroatoms. The van der Waals surface area contributed by atoms with Crippen LogP contribution in [0.2, 0.25) is 0 Å². The van der Waals surface area contributed by atoms with Gasteiger partial charge in [-0.05, 0) is 39.2 Å². The fourth-order valence-electron chi connectivity index (χ4n) is 2.80. The number of pyridine rings is 1. The van der Waals surface area contributed by atoms with Crippen LogP contribution in [0.4, 0.5) is 5.69 Å². The molecule has 0 aromatic carbocycles. The highest BCUT2D eigenvalue weighted by molar-refractivity contribution is 5.99. The molecule has 2 rings (SSSR count). The Balaban J connectivity index is 2.37. The Morgan fingerprint density at radius 1 is 1.53 bits per heavy atom. The third-order valence-electron chi connectivity index (χ3n) is 3.86. The van der Waals surface area contributed by atoms with Crippen molar-refractivity contribution in [3.63, 3.8) is 0 Å². The zero-order valence-electron chi connectivity index (χ0n) is 11.8. The molecule has 0 aliphatic carbocycles. The van der Waals surface area contributed by atoms with Gasteiger partial charge < -0.3 is 16.4 Å². The van der Waals surface area contributed by atoms with Crippen LogP contribution in [0.5, 0.6) is 0 Å². The smallest absolute Gasteiger partial charge is 0.252 e. The van der Waals surface area contributed by atoms with Gasteiger partial charge in [0, 0.05) is 24.8 Å². The second kappa shape index (κ2) is 5.17. The minimum Gasteiger partial charge on any atom is -0.370 e. The Bertz CT molecular complexity index is 498. The third kappa shape index (κ3) is 2.71. The topological polar surface area (TPSA) is 85.2 Å². The molecule has 4 N–H and O–H groups in total. The van der Waals surface area contributed by atoms with E-state index in [1.165, 1.54) is 0 Å². The first-order valence-corrected chi connectivity index (χ1v) is 6.68. The average molecular weight is 262 g/mol. The molecule has 1 fully saturated rings. The number of nitrogens with two attached hydrogens (primary N) is 2. The lowest BCUT2D eigenvalue weighted by Gasteiger charge is -2.23. The maximum atomic E-state index is 11.7. The van der Waals surface area contributed by atoms with Crippen molar-refractivity contribution in [2.75, 3.05) is 18.0 Å². The summed E-state index contributed by atoms with van der Waals surface area (Å²) in [5.74, 6) is 0.0544. The van der Waals surface area contributed by atoms with Gasteiger partial charge in [0.2, 0.25) is 0 Å². The molecule has 0 saturated carbocycles. The van der Waals surface area contributed by atoms with E-state index < -0.39 is 5.91 Å². The number of anilines is 1. The van der Waals surface area contributed by atoms with E-state index >= 15 is 0 Å².